The smallest absolute Gasteiger partial charge is 0.383 e. The molecule has 0 saturated carbocycles. The molecule has 0 aliphatic rings. The first kappa shape index (κ1) is 29.1. The molecule has 1 aromatic carbocycles. The van der Waals surface area contributed by atoms with E-state index in [4.69, 9.17) is 10.6 Å². The van der Waals surface area contributed by atoms with Gasteiger partial charge in [-0.05, 0) is 50.6 Å². The number of rotatable bonds is 10. The van der Waals surface area contributed by atoms with E-state index in [1.807, 2.05) is 13.8 Å². The van der Waals surface area contributed by atoms with Crippen LogP contribution in [0.5, 0.6) is 0 Å². The van der Waals surface area contributed by atoms with Gasteiger partial charge in [-0.1, -0.05) is 31.6 Å². The molecule has 0 spiro atoms. The number of ether oxygens (including phenoxy) is 1. The van der Waals surface area contributed by atoms with Crippen LogP contribution in [0, 0.1) is 0 Å². The van der Waals surface area contributed by atoms with Crippen LogP contribution in [-0.4, -0.2) is 38.6 Å². The van der Waals surface area contributed by atoms with E-state index in [2.05, 4.69) is 10.3 Å². The molecule has 3 N–H and O–H groups in total. The lowest BCUT2D eigenvalue weighted by molar-refractivity contribution is -0.0936. The van der Waals surface area contributed by atoms with Crippen molar-refractivity contribution in [1.82, 2.24) is 5.32 Å². The Balaban J connectivity index is 0.00000466. The van der Waals surface area contributed by atoms with E-state index in [0.717, 1.165) is 6.08 Å². The summed E-state index contributed by atoms with van der Waals surface area (Å²) in [5.41, 5.74) is 0.116. The van der Waals surface area contributed by atoms with E-state index in [1.165, 1.54) is 31.4 Å². The Morgan fingerprint density at radius 1 is 1.25 bits per heavy atom. The van der Waals surface area contributed by atoms with Crippen LogP contribution >= 0.6 is 0 Å². The number of nitrogens with one attached hydrogen (secondary N) is 1. The van der Waals surface area contributed by atoms with Gasteiger partial charge in [-0.3, -0.25) is 14.8 Å². The zero-order chi connectivity index (χ0) is 24.6. The van der Waals surface area contributed by atoms with Crippen molar-refractivity contribution < 1.29 is 22.7 Å². The summed E-state index contributed by atoms with van der Waals surface area (Å²) in [7, 11) is 1.51. The molecule has 0 fully saturated rings. The minimum Gasteiger partial charge on any atom is -0.383 e. The summed E-state index contributed by atoms with van der Waals surface area (Å²) < 4.78 is 45.4. The number of hydrogen-bond donors (Lipinski definition) is 2. The van der Waals surface area contributed by atoms with E-state index < -0.39 is 11.9 Å². The summed E-state index contributed by atoms with van der Waals surface area (Å²) in [6.45, 7) is 8.15. The number of amides is 1. The number of hydrogen-bond acceptors (Lipinski definition) is 5. The van der Waals surface area contributed by atoms with Gasteiger partial charge in [0.25, 0.3) is 5.91 Å². The molecular weight excluding hydrogens is 421 g/mol. The Kier molecular flexibility index (Phi) is 14.4. The lowest BCUT2D eigenvalue weighted by atomic mass is 10.1. The number of carbonyl (C=O) groups is 1. The molecule has 6 nitrogen and oxygen atoms in total. The van der Waals surface area contributed by atoms with Crippen molar-refractivity contribution in [3.63, 3.8) is 0 Å². The van der Waals surface area contributed by atoms with Crippen LogP contribution in [-0.2, 0) is 4.74 Å². The maximum atomic E-state index is 13.5. The number of aliphatic imine (C=N–C) groups is 1. The highest BCUT2D eigenvalue weighted by atomic mass is 19.4. The molecule has 0 atom stereocenters. The van der Waals surface area contributed by atoms with Crippen LogP contribution in [0.2, 0.25) is 0 Å². The number of nitrogens with two attached hydrogens (primary N) is 1. The summed E-state index contributed by atoms with van der Waals surface area (Å²) in [5.74, 6) is 5.40. The van der Waals surface area contributed by atoms with Crippen molar-refractivity contribution in [2.45, 2.75) is 40.3 Å². The van der Waals surface area contributed by atoms with Crippen molar-refractivity contribution >= 4 is 17.8 Å². The standard InChI is InChI=1S/C21H27F3N4O2.C2H6/c1-4-26-13-5-6-16(2)7-12-19(21(22,23)24)28(25)18-10-8-17(9-11-18)20(29)27-14-15-30-3;1-2/h4-6,8-13H,7,14-15,25H2,1-3H3,(H,27,29);1-2H3/b13-5-,16-6+,19-12-,26-4?;. The predicted octanol–water partition coefficient (Wildman–Crippen LogP) is 5.16. The van der Waals surface area contributed by atoms with Gasteiger partial charge >= 0.3 is 6.18 Å². The number of anilines is 1. The van der Waals surface area contributed by atoms with E-state index >= 15 is 0 Å². The third-order valence-electron chi connectivity index (χ3n) is 3.87. The first-order valence-corrected chi connectivity index (χ1v) is 10.2. The molecule has 9 heteroatoms. The van der Waals surface area contributed by atoms with E-state index in [9.17, 15) is 18.0 Å². The summed E-state index contributed by atoms with van der Waals surface area (Å²) in [6.07, 6.45) is 2.90. The third kappa shape index (κ3) is 10.9. The van der Waals surface area contributed by atoms with Gasteiger partial charge in [0.15, 0.2) is 0 Å². The Labute approximate surface area is 188 Å². The fourth-order valence-corrected chi connectivity index (χ4v) is 2.30. The van der Waals surface area contributed by atoms with Crippen molar-refractivity contribution in [3.05, 3.63) is 65.5 Å². The maximum absolute atomic E-state index is 13.5. The molecule has 0 aliphatic heterocycles. The molecule has 0 aromatic heterocycles. The maximum Gasteiger partial charge on any atom is 0.432 e. The number of benzene rings is 1. The molecule has 0 aliphatic carbocycles. The van der Waals surface area contributed by atoms with Gasteiger partial charge in [0.1, 0.15) is 5.70 Å². The molecule has 1 amide bonds. The Bertz CT molecular complexity index is 798. The Morgan fingerprint density at radius 3 is 2.41 bits per heavy atom. The molecule has 0 unspecified atom stereocenters. The number of allylic oxidation sites excluding steroid dienone is 5. The summed E-state index contributed by atoms with van der Waals surface area (Å²) in [4.78, 5) is 15.9. The largest absolute Gasteiger partial charge is 0.432 e. The normalized spacial score (nSPS) is 12.7. The molecule has 0 saturated heterocycles. The second-order valence-electron chi connectivity index (χ2n) is 6.22. The second-order valence-corrected chi connectivity index (χ2v) is 6.22. The SMILES string of the molecule is CC.CC=N/C=C\C=C(/C)C/C=C(\N(N)c1ccc(C(=O)NCCOC)cc1)C(F)(F)F. The topological polar surface area (TPSA) is 80.0 Å². The monoisotopic (exact) mass is 454 g/mol. The lowest BCUT2D eigenvalue weighted by Crippen LogP contribution is -2.37. The van der Waals surface area contributed by atoms with E-state index in [1.54, 1.807) is 38.4 Å². The number of hydrazine groups is 1. The molecule has 178 valence electrons. The first-order chi connectivity index (χ1) is 15.2. The molecule has 1 aromatic rings. The van der Waals surface area contributed by atoms with Gasteiger partial charge in [0.2, 0.25) is 0 Å². The molecule has 0 radical (unpaired) electrons. The molecule has 32 heavy (non-hydrogen) atoms. The van der Waals surface area contributed by atoms with Crippen LogP contribution < -0.4 is 16.2 Å². The van der Waals surface area contributed by atoms with Gasteiger partial charge in [-0.15, -0.1) is 0 Å². The van der Waals surface area contributed by atoms with Gasteiger partial charge < -0.3 is 10.1 Å². The number of nitrogens with zero attached hydrogens (tertiary/aromatic N) is 2. The third-order valence-corrected chi connectivity index (χ3v) is 3.87. The second kappa shape index (κ2) is 15.8. The van der Waals surface area contributed by atoms with E-state index in [0.29, 0.717) is 29.3 Å². The highest BCUT2D eigenvalue weighted by molar-refractivity contribution is 5.94. The lowest BCUT2D eigenvalue weighted by Gasteiger charge is -2.24. The number of alkyl halides is 3. The number of halogens is 3. The number of carbonyl (C=O) groups excluding carboxylic acids is 1. The predicted molar refractivity (Wildman–Crippen MR) is 124 cm³/mol. The van der Waals surface area contributed by atoms with Gasteiger partial charge in [0, 0.05) is 31.6 Å². The zero-order valence-corrected chi connectivity index (χ0v) is 19.2. The highest BCUT2D eigenvalue weighted by Gasteiger charge is 2.37. The van der Waals surface area contributed by atoms with Crippen LogP contribution in [0.4, 0.5) is 18.9 Å². The van der Waals surface area contributed by atoms with Gasteiger partial charge in [-0.25, -0.2) is 5.84 Å². The fraction of sp³-hybridized carbons (Fsp3) is 0.391. The number of methoxy groups -OCH3 is 1. The molecule has 0 heterocycles. The van der Waals surface area contributed by atoms with Crippen molar-refractivity contribution in [2.24, 2.45) is 10.8 Å². The van der Waals surface area contributed by atoms with Gasteiger partial charge in [-0.2, -0.15) is 13.2 Å². The van der Waals surface area contributed by atoms with Crippen LogP contribution in [0.15, 0.2) is 65.0 Å². The average Bonchev–Trinajstić information content (AvgIpc) is 2.77. The minimum atomic E-state index is -4.65. The van der Waals surface area contributed by atoms with Crippen LogP contribution in [0.25, 0.3) is 0 Å². The fourth-order valence-electron chi connectivity index (χ4n) is 2.30. The minimum absolute atomic E-state index is 0.0582. The highest BCUT2D eigenvalue weighted by Crippen LogP contribution is 2.31. The van der Waals surface area contributed by atoms with Crippen LogP contribution in [0.1, 0.15) is 44.5 Å². The average molecular weight is 455 g/mol. The van der Waals surface area contributed by atoms with E-state index in [-0.39, 0.29) is 18.0 Å². The van der Waals surface area contributed by atoms with Crippen molar-refractivity contribution in [3.8, 4) is 0 Å². The summed E-state index contributed by atoms with van der Waals surface area (Å²) in [5, 5.41) is 3.20. The molecule has 1 rings (SSSR count). The Morgan fingerprint density at radius 2 is 1.88 bits per heavy atom. The zero-order valence-electron chi connectivity index (χ0n) is 19.2. The quantitative estimate of drug-likeness (QED) is 0.168. The first-order valence-electron chi connectivity index (χ1n) is 10.2. The summed E-state index contributed by atoms with van der Waals surface area (Å²) >= 11 is 0. The van der Waals surface area contributed by atoms with Crippen molar-refractivity contribution in [1.29, 1.82) is 0 Å². The molecular formula is C23H33F3N4O2. The van der Waals surface area contributed by atoms with Crippen LogP contribution in [0.3, 0.4) is 0 Å². The summed E-state index contributed by atoms with van der Waals surface area (Å²) in [6, 6.07) is 5.54. The van der Waals surface area contributed by atoms with Crippen molar-refractivity contribution in [2.75, 3.05) is 25.3 Å². The van der Waals surface area contributed by atoms with Gasteiger partial charge in [0.05, 0.1) is 12.3 Å². The Hall–Kier alpha value is -2.91. The molecule has 0 bridgehead atoms.